The van der Waals surface area contributed by atoms with E-state index in [0.29, 0.717) is 16.5 Å². The van der Waals surface area contributed by atoms with Crippen molar-refractivity contribution in [3.63, 3.8) is 0 Å². The first kappa shape index (κ1) is 17.6. The Morgan fingerprint density at radius 3 is 2.38 bits per heavy atom. The van der Waals surface area contributed by atoms with Crippen molar-refractivity contribution in [2.75, 3.05) is 11.9 Å². The zero-order chi connectivity index (χ0) is 17.6. The zero-order valence-corrected chi connectivity index (χ0v) is 13.7. The van der Waals surface area contributed by atoms with Gasteiger partial charge in [-0.2, -0.15) is 0 Å². The summed E-state index contributed by atoms with van der Waals surface area (Å²) in [7, 11) is 0. The smallest absolute Gasteiger partial charge is 0.349 e. The highest BCUT2D eigenvalue weighted by Crippen LogP contribution is 2.21. The summed E-state index contributed by atoms with van der Waals surface area (Å²) in [6.07, 6.45) is 0. The molecule has 0 spiro atoms. The predicted octanol–water partition coefficient (Wildman–Crippen LogP) is 3.38. The van der Waals surface area contributed by atoms with Crippen LogP contribution < -0.4 is 15.4 Å². The maximum atomic E-state index is 12.0. The fourth-order valence-corrected chi connectivity index (χ4v) is 2.07. The molecule has 24 heavy (non-hydrogen) atoms. The van der Waals surface area contributed by atoms with E-state index < -0.39 is 17.6 Å². The molecule has 2 amide bonds. The largest absolute Gasteiger partial charge is 0.478 e. The molecule has 0 saturated heterocycles. The van der Waals surface area contributed by atoms with Crippen LogP contribution in [0.1, 0.15) is 6.92 Å². The van der Waals surface area contributed by atoms with E-state index in [1.807, 2.05) is 0 Å². The van der Waals surface area contributed by atoms with Crippen molar-refractivity contribution in [2.45, 2.75) is 12.5 Å². The van der Waals surface area contributed by atoms with Crippen molar-refractivity contribution in [3.05, 3.63) is 59.6 Å². The maximum absolute atomic E-state index is 12.0. The lowest BCUT2D eigenvalue weighted by Gasteiger charge is -2.26. The Labute approximate surface area is 144 Å². The molecular weight excluding hydrogens is 332 g/mol. The average Bonchev–Trinajstić information content (AvgIpc) is 2.56. The molecule has 3 N–H and O–H groups in total. The number of carboxylic acid groups (broad SMARTS) is 1. The molecule has 7 heteroatoms. The summed E-state index contributed by atoms with van der Waals surface area (Å²) in [5, 5.41) is 14.8. The second kappa shape index (κ2) is 7.70. The summed E-state index contributed by atoms with van der Waals surface area (Å²) in [4.78, 5) is 23.5. The number of carbonyl (C=O) groups is 2. The minimum atomic E-state index is -1.61. The molecule has 0 fully saturated rings. The first-order valence-corrected chi connectivity index (χ1v) is 7.55. The van der Waals surface area contributed by atoms with E-state index in [1.165, 1.54) is 6.92 Å². The van der Waals surface area contributed by atoms with Gasteiger partial charge in [-0.25, -0.2) is 9.59 Å². The SMILES string of the molecule is CC(CNC(=O)Nc1ccccc1Cl)(Oc1ccccc1)C(=O)O. The van der Waals surface area contributed by atoms with Gasteiger partial charge < -0.3 is 20.5 Å². The third-order valence-corrected chi connectivity index (χ3v) is 3.58. The highest BCUT2D eigenvalue weighted by atomic mass is 35.5. The Bertz CT molecular complexity index is 724. The summed E-state index contributed by atoms with van der Waals surface area (Å²) in [5.74, 6) is -0.792. The number of benzene rings is 2. The van der Waals surface area contributed by atoms with Gasteiger partial charge in [-0.05, 0) is 31.2 Å². The first-order chi connectivity index (χ1) is 11.4. The third kappa shape index (κ3) is 4.63. The molecule has 1 unspecified atom stereocenters. The van der Waals surface area contributed by atoms with Gasteiger partial charge in [0.05, 0.1) is 17.3 Å². The Balaban J connectivity index is 1.99. The van der Waals surface area contributed by atoms with Crippen LogP contribution in [-0.4, -0.2) is 29.3 Å². The minimum absolute atomic E-state index is 0.229. The van der Waals surface area contributed by atoms with E-state index in [0.717, 1.165) is 0 Å². The van der Waals surface area contributed by atoms with Crippen LogP contribution in [0.4, 0.5) is 10.5 Å². The molecule has 0 aliphatic carbocycles. The number of nitrogens with one attached hydrogen (secondary N) is 2. The van der Waals surface area contributed by atoms with Crippen LogP contribution in [0.3, 0.4) is 0 Å². The molecule has 0 aliphatic rings. The van der Waals surface area contributed by atoms with Crippen LogP contribution >= 0.6 is 11.6 Å². The number of carbonyl (C=O) groups excluding carboxylic acids is 1. The average molecular weight is 349 g/mol. The van der Waals surface area contributed by atoms with Crippen molar-refractivity contribution in [1.82, 2.24) is 5.32 Å². The number of para-hydroxylation sites is 2. The fourth-order valence-electron chi connectivity index (χ4n) is 1.88. The Hall–Kier alpha value is -2.73. The highest BCUT2D eigenvalue weighted by molar-refractivity contribution is 6.33. The van der Waals surface area contributed by atoms with E-state index in [4.69, 9.17) is 16.3 Å². The molecule has 2 aromatic rings. The summed E-state index contributed by atoms with van der Waals surface area (Å²) in [5.41, 5.74) is -1.18. The van der Waals surface area contributed by atoms with Gasteiger partial charge in [0, 0.05) is 0 Å². The molecule has 1 atom stereocenters. The number of ether oxygens (including phenoxy) is 1. The van der Waals surface area contributed by atoms with Crippen molar-refractivity contribution < 1.29 is 19.4 Å². The monoisotopic (exact) mass is 348 g/mol. The van der Waals surface area contributed by atoms with Crippen molar-refractivity contribution in [2.24, 2.45) is 0 Å². The first-order valence-electron chi connectivity index (χ1n) is 7.17. The number of carboxylic acids is 1. The van der Waals surface area contributed by atoms with Crippen LogP contribution in [-0.2, 0) is 4.79 Å². The van der Waals surface area contributed by atoms with Gasteiger partial charge >= 0.3 is 12.0 Å². The maximum Gasteiger partial charge on any atom is 0.349 e. The number of rotatable bonds is 6. The number of amides is 2. The minimum Gasteiger partial charge on any atom is -0.478 e. The van der Waals surface area contributed by atoms with Crippen LogP contribution in [0.5, 0.6) is 5.75 Å². The van der Waals surface area contributed by atoms with E-state index in [-0.39, 0.29) is 6.54 Å². The Kier molecular flexibility index (Phi) is 5.65. The highest BCUT2D eigenvalue weighted by Gasteiger charge is 2.36. The summed E-state index contributed by atoms with van der Waals surface area (Å²) < 4.78 is 5.52. The topological polar surface area (TPSA) is 87.7 Å². The molecule has 0 bridgehead atoms. The quantitative estimate of drug-likeness (QED) is 0.746. The van der Waals surface area contributed by atoms with Crippen molar-refractivity contribution in [1.29, 1.82) is 0 Å². The molecule has 2 aromatic carbocycles. The summed E-state index contributed by atoms with van der Waals surface area (Å²) in [6, 6.07) is 14.7. The van der Waals surface area contributed by atoms with Gasteiger partial charge in [-0.1, -0.05) is 41.9 Å². The van der Waals surface area contributed by atoms with Gasteiger partial charge in [0.2, 0.25) is 5.60 Å². The van der Waals surface area contributed by atoms with E-state index in [2.05, 4.69) is 10.6 Å². The number of hydrogen-bond donors (Lipinski definition) is 3. The lowest BCUT2D eigenvalue weighted by Crippen LogP contribution is -2.51. The third-order valence-electron chi connectivity index (χ3n) is 3.25. The number of anilines is 1. The van der Waals surface area contributed by atoms with E-state index in [1.54, 1.807) is 54.6 Å². The van der Waals surface area contributed by atoms with Crippen LogP contribution in [0.15, 0.2) is 54.6 Å². The van der Waals surface area contributed by atoms with Crippen LogP contribution in [0.2, 0.25) is 5.02 Å². The normalized spacial score (nSPS) is 12.8. The van der Waals surface area contributed by atoms with Crippen LogP contribution in [0.25, 0.3) is 0 Å². The predicted molar refractivity (Wildman–Crippen MR) is 91.6 cm³/mol. The molecule has 0 aromatic heterocycles. The lowest BCUT2D eigenvalue weighted by atomic mass is 10.1. The van der Waals surface area contributed by atoms with Gasteiger partial charge in [-0.3, -0.25) is 0 Å². The van der Waals surface area contributed by atoms with Gasteiger partial charge in [-0.15, -0.1) is 0 Å². The molecule has 0 heterocycles. The van der Waals surface area contributed by atoms with Crippen LogP contribution in [0, 0.1) is 0 Å². The molecule has 126 valence electrons. The van der Waals surface area contributed by atoms with Gasteiger partial charge in [0.15, 0.2) is 0 Å². The van der Waals surface area contributed by atoms with Gasteiger partial charge in [0.25, 0.3) is 0 Å². The van der Waals surface area contributed by atoms with E-state index in [9.17, 15) is 14.7 Å². The van der Waals surface area contributed by atoms with Crippen molar-refractivity contribution >= 4 is 29.3 Å². The molecule has 2 rings (SSSR count). The molecule has 0 aliphatic heterocycles. The Morgan fingerprint density at radius 1 is 1.12 bits per heavy atom. The summed E-state index contributed by atoms with van der Waals surface area (Å²) in [6.45, 7) is 1.16. The number of urea groups is 1. The molecule has 0 saturated carbocycles. The molecule has 0 radical (unpaired) electrons. The molecule has 6 nitrogen and oxygen atoms in total. The van der Waals surface area contributed by atoms with Gasteiger partial charge in [0.1, 0.15) is 5.75 Å². The fraction of sp³-hybridized carbons (Fsp3) is 0.176. The lowest BCUT2D eigenvalue weighted by molar-refractivity contribution is -0.153. The number of hydrogen-bond acceptors (Lipinski definition) is 3. The standard InChI is InChI=1S/C17H17ClN2O4/c1-17(15(21)22,24-12-7-3-2-4-8-12)11-19-16(23)20-14-10-6-5-9-13(14)18/h2-10H,11H2,1H3,(H,21,22)(H2,19,20,23). The van der Waals surface area contributed by atoms with E-state index >= 15 is 0 Å². The summed E-state index contributed by atoms with van der Waals surface area (Å²) >= 11 is 5.95. The number of aliphatic carboxylic acids is 1. The number of halogens is 1. The second-order valence-corrected chi connectivity index (χ2v) is 5.65. The Morgan fingerprint density at radius 2 is 1.75 bits per heavy atom. The zero-order valence-electron chi connectivity index (χ0n) is 13.0. The van der Waals surface area contributed by atoms with Crippen molar-refractivity contribution in [3.8, 4) is 5.75 Å². The molecular formula is C17H17ClN2O4. The second-order valence-electron chi connectivity index (χ2n) is 5.24.